The highest BCUT2D eigenvalue weighted by molar-refractivity contribution is 6.11. The van der Waals surface area contributed by atoms with Gasteiger partial charge >= 0.3 is 0 Å². The third-order valence-electron chi connectivity index (χ3n) is 3.30. The van der Waals surface area contributed by atoms with Crippen LogP contribution in [0.1, 0.15) is 39.5 Å². The van der Waals surface area contributed by atoms with Gasteiger partial charge in [-0.25, -0.2) is 4.39 Å². The Morgan fingerprint density at radius 2 is 1.84 bits per heavy atom. The van der Waals surface area contributed by atoms with E-state index in [4.69, 9.17) is 0 Å². The highest BCUT2D eigenvalue weighted by atomic mass is 19.1. The standard InChI is InChI=1S/C17H17FO/c1-4-13-7-5-6-8-14(13)17(19)16-12(3)9-11(2)10-15(16)18/h5-10H,4H2,1-3H3. The Morgan fingerprint density at radius 1 is 1.16 bits per heavy atom. The van der Waals surface area contributed by atoms with Crippen molar-refractivity contribution in [2.75, 3.05) is 0 Å². The minimum Gasteiger partial charge on any atom is -0.288 e. The fourth-order valence-electron chi connectivity index (χ4n) is 2.39. The molecular weight excluding hydrogens is 239 g/mol. The molecule has 0 saturated carbocycles. The first-order valence-electron chi connectivity index (χ1n) is 6.44. The lowest BCUT2D eigenvalue weighted by Crippen LogP contribution is -2.09. The molecule has 0 amide bonds. The SMILES string of the molecule is CCc1ccccc1C(=O)c1c(C)cc(C)cc1F. The molecule has 2 aromatic carbocycles. The lowest BCUT2D eigenvalue weighted by atomic mass is 9.93. The fraction of sp³-hybridized carbons (Fsp3) is 0.235. The van der Waals surface area contributed by atoms with E-state index in [1.165, 1.54) is 6.07 Å². The van der Waals surface area contributed by atoms with Crippen LogP contribution in [0, 0.1) is 19.7 Å². The van der Waals surface area contributed by atoms with E-state index in [2.05, 4.69) is 0 Å². The largest absolute Gasteiger partial charge is 0.288 e. The number of hydrogen-bond acceptors (Lipinski definition) is 1. The van der Waals surface area contributed by atoms with Crippen LogP contribution < -0.4 is 0 Å². The molecule has 0 unspecified atom stereocenters. The predicted octanol–water partition coefficient (Wildman–Crippen LogP) is 4.24. The van der Waals surface area contributed by atoms with Crippen molar-refractivity contribution < 1.29 is 9.18 Å². The summed E-state index contributed by atoms with van der Waals surface area (Å²) in [5.74, 6) is -0.666. The van der Waals surface area contributed by atoms with E-state index in [1.54, 1.807) is 13.0 Å². The van der Waals surface area contributed by atoms with E-state index >= 15 is 0 Å². The Kier molecular flexibility index (Phi) is 3.79. The molecule has 19 heavy (non-hydrogen) atoms. The predicted molar refractivity (Wildman–Crippen MR) is 75.1 cm³/mol. The average molecular weight is 256 g/mol. The van der Waals surface area contributed by atoms with E-state index in [-0.39, 0.29) is 11.3 Å². The van der Waals surface area contributed by atoms with Gasteiger partial charge in [0.2, 0.25) is 0 Å². The normalized spacial score (nSPS) is 10.5. The summed E-state index contributed by atoms with van der Waals surface area (Å²) in [7, 11) is 0. The number of halogens is 1. The molecule has 0 heterocycles. The smallest absolute Gasteiger partial charge is 0.196 e. The maximum absolute atomic E-state index is 14.1. The Morgan fingerprint density at radius 3 is 2.47 bits per heavy atom. The van der Waals surface area contributed by atoms with Gasteiger partial charge in [-0.05, 0) is 43.0 Å². The second-order valence-corrected chi connectivity index (χ2v) is 4.78. The minimum absolute atomic E-state index is 0.187. The number of ketones is 1. The van der Waals surface area contributed by atoms with Gasteiger partial charge in [-0.1, -0.05) is 37.3 Å². The number of carbonyl (C=O) groups excluding carboxylic acids is 1. The van der Waals surface area contributed by atoms with Crippen LogP contribution in [0.15, 0.2) is 36.4 Å². The summed E-state index contributed by atoms with van der Waals surface area (Å²) in [6.45, 7) is 5.59. The molecule has 0 aliphatic heterocycles. The van der Waals surface area contributed by atoms with Gasteiger partial charge in [0.15, 0.2) is 5.78 Å². The molecule has 2 aromatic rings. The van der Waals surface area contributed by atoms with E-state index in [0.29, 0.717) is 11.1 Å². The van der Waals surface area contributed by atoms with Crippen molar-refractivity contribution in [3.05, 3.63) is 70.0 Å². The van der Waals surface area contributed by atoms with Gasteiger partial charge < -0.3 is 0 Å². The van der Waals surface area contributed by atoms with E-state index in [1.807, 2.05) is 38.1 Å². The van der Waals surface area contributed by atoms with Gasteiger partial charge in [0.05, 0.1) is 5.56 Å². The molecule has 98 valence electrons. The molecule has 0 atom stereocenters. The molecule has 0 aliphatic carbocycles. The molecule has 0 N–H and O–H groups in total. The summed E-state index contributed by atoms with van der Waals surface area (Å²) in [6, 6.07) is 10.6. The second kappa shape index (κ2) is 5.35. The first-order chi connectivity index (χ1) is 9.04. The molecule has 1 nitrogen and oxygen atoms in total. The second-order valence-electron chi connectivity index (χ2n) is 4.78. The summed E-state index contributed by atoms with van der Waals surface area (Å²) in [6.07, 6.45) is 0.758. The summed E-state index contributed by atoms with van der Waals surface area (Å²) in [4.78, 5) is 12.5. The summed E-state index contributed by atoms with van der Waals surface area (Å²) < 4.78 is 14.1. The Labute approximate surface area is 113 Å². The quantitative estimate of drug-likeness (QED) is 0.751. The summed E-state index contributed by atoms with van der Waals surface area (Å²) in [5, 5.41) is 0. The highest BCUT2D eigenvalue weighted by Gasteiger charge is 2.18. The van der Waals surface area contributed by atoms with Crippen molar-refractivity contribution in [3.63, 3.8) is 0 Å². The summed E-state index contributed by atoms with van der Waals surface area (Å²) in [5.41, 5.74) is 3.25. The number of rotatable bonds is 3. The number of hydrogen-bond donors (Lipinski definition) is 0. The van der Waals surface area contributed by atoms with Crippen LogP contribution in [-0.2, 0) is 6.42 Å². The third kappa shape index (κ3) is 2.58. The fourth-order valence-corrected chi connectivity index (χ4v) is 2.39. The van der Waals surface area contributed by atoms with Gasteiger partial charge in [-0.15, -0.1) is 0 Å². The zero-order chi connectivity index (χ0) is 14.0. The van der Waals surface area contributed by atoms with Crippen molar-refractivity contribution in [2.45, 2.75) is 27.2 Å². The van der Waals surface area contributed by atoms with Crippen LogP contribution in [0.25, 0.3) is 0 Å². The molecule has 0 bridgehead atoms. The van der Waals surface area contributed by atoms with E-state index in [9.17, 15) is 9.18 Å². The zero-order valence-corrected chi connectivity index (χ0v) is 11.5. The Bertz CT molecular complexity index is 606. The van der Waals surface area contributed by atoms with E-state index < -0.39 is 5.82 Å². The van der Waals surface area contributed by atoms with Gasteiger partial charge in [0.1, 0.15) is 5.82 Å². The van der Waals surface area contributed by atoms with Gasteiger partial charge in [0.25, 0.3) is 0 Å². The van der Waals surface area contributed by atoms with Crippen molar-refractivity contribution in [1.82, 2.24) is 0 Å². The van der Waals surface area contributed by atoms with Gasteiger partial charge in [-0.2, -0.15) is 0 Å². The number of aryl methyl sites for hydroxylation is 3. The molecule has 0 aliphatic rings. The van der Waals surface area contributed by atoms with Crippen molar-refractivity contribution in [3.8, 4) is 0 Å². The van der Waals surface area contributed by atoms with Crippen LogP contribution in [0.3, 0.4) is 0 Å². The molecule has 0 spiro atoms. The number of benzene rings is 2. The lowest BCUT2D eigenvalue weighted by molar-refractivity contribution is 0.103. The minimum atomic E-state index is -0.437. The van der Waals surface area contributed by atoms with Crippen LogP contribution >= 0.6 is 0 Å². The maximum atomic E-state index is 14.1. The summed E-state index contributed by atoms with van der Waals surface area (Å²) >= 11 is 0. The molecule has 0 aromatic heterocycles. The van der Waals surface area contributed by atoms with Crippen LogP contribution in [-0.4, -0.2) is 5.78 Å². The molecule has 2 rings (SSSR count). The third-order valence-corrected chi connectivity index (χ3v) is 3.30. The van der Waals surface area contributed by atoms with E-state index in [0.717, 1.165) is 17.5 Å². The zero-order valence-electron chi connectivity index (χ0n) is 11.5. The lowest BCUT2D eigenvalue weighted by Gasteiger charge is -2.10. The topological polar surface area (TPSA) is 17.1 Å². The highest BCUT2D eigenvalue weighted by Crippen LogP contribution is 2.21. The number of carbonyl (C=O) groups is 1. The van der Waals surface area contributed by atoms with Crippen LogP contribution in [0.2, 0.25) is 0 Å². The molecule has 0 fully saturated rings. The van der Waals surface area contributed by atoms with Gasteiger partial charge in [0, 0.05) is 5.56 Å². The first-order valence-corrected chi connectivity index (χ1v) is 6.44. The van der Waals surface area contributed by atoms with Crippen molar-refractivity contribution >= 4 is 5.78 Å². The first kappa shape index (κ1) is 13.5. The maximum Gasteiger partial charge on any atom is 0.196 e. The molecule has 0 radical (unpaired) electrons. The van der Waals surface area contributed by atoms with Gasteiger partial charge in [-0.3, -0.25) is 4.79 Å². The molecular formula is C17H17FO. The molecule has 0 saturated heterocycles. The van der Waals surface area contributed by atoms with Crippen molar-refractivity contribution in [2.24, 2.45) is 0 Å². The Balaban J connectivity index is 2.57. The van der Waals surface area contributed by atoms with Crippen LogP contribution in [0.4, 0.5) is 4.39 Å². The van der Waals surface area contributed by atoms with Crippen molar-refractivity contribution in [1.29, 1.82) is 0 Å². The molecule has 2 heteroatoms. The monoisotopic (exact) mass is 256 g/mol. The Hall–Kier alpha value is -1.96. The average Bonchev–Trinajstić information content (AvgIpc) is 2.37. The van der Waals surface area contributed by atoms with Crippen LogP contribution in [0.5, 0.6) is 0 Å².